The molecule has 1 heterocycles. The predicted molar refractivity (Wildman–Crippen MR) is 70.9 cm³/mol. The SMILES string of the molecule is NC(=O)c1ccc2nc(-c3ccccc3)n(O)c2c1. The second-order valence-corrected chi connectivity index (χ2v) is 4.18. The Morgan fingerprint density at radius 3 is 2.58 bits per heavy atom. The van der Waals surface area contributed by atoms with Gasteiger partial charge < -0.3 is 10.9 Å². The summed E-state index contributed by atoms with van der Waals surface area (Å²) >= 11 is 0. The number of fused-ring (bicyclic) bond motifs is 1. The van der Waals surface area contributed by atoms with Gasteiger partial charge in [-0.25, -0.2) is 4.98 Å². The molecule has 3 rings (SSSR count). The summed E-state index contributed by atoms with van der Waals surface area (Å²) in [5, 5.41) is 10.2. The van der Waals surface area contributed by atoms with Crippen molar-refractivity contribution in [1.29, 1.82) is 0 Å². The first-order chi connectivity index (χ1) is 9.16. The van der Waals surface area contributed by atoms with Crippen LogP contribution in [-0.2, 0) is 0 Å². The maximum Gasteiger partial charge on any atom is 0.248 e. The number of hydrogen-bond acceptors (Lipinski definition) is 3. The maximum atomic E-state index is 11.1. The van der Waals surface area contributed by atoms with E-state index >= 15 is 0 Å². The van der Waals surface area contributed by atoms with Gasteiger partial charge in [-0.2, -0.15) is 4.73 Å². The highest BCUT2D eigenvalue weighted by Gasteiger charge is 2.13. The van der Waals surface area contributed by atoms with Crippen LogP contribution in [0.3, 0.4) is 0 Å². The molecule has 1 amide bonds. The first-order valence-corrected chi connectivity index (χ1v) is 5.74. The van der Waals surface area contributed by atoms with Crippen LogP contribution in [0.5, 0.6) is 0 Å². The Morgan fingerprint density at radius 1 is 1.16 bits per heavy atom. The van der Waals surface area contributed by atoms with E-state index in [1.54, 1.807) is 12.1 Å². The molecule has 1 aromatic heterocycles. The van der Waals surface area contributed by atoms with E-state index < -0.39 is 5.91 Å². The van der Waals surface area contributed by atoms with E-state index in [0.717, 1.165) is 10.3 Å². The van der Waals surface area contributed by atoms with Crippen molar-refractivity contribution >= 4 is 16.9 Å². The van der Waals surface area contributed by atoms with Gasteiger partial charge in [0.25, 0.3) is 0 Å². The van der Waals surface area contributed by atoms with E-state index in [-0.39, 0.29) is 0 Å². The standard InChI is InChI=1S/C14H11N3O2/c15-13(18)10-6-7-11-12(8-10)17(19)14(16-11)9-4-2-1-3-5-9/h1-8,19H,(H2,15,18). The summed E-state index contributed by atoms with van der Waals surface area (Å²) in [6.07, 6.45) is 0. The molecule has 0 spiro atoms. The summed E-state index contributed by atoms with van der Waals surface area (Å²) in [5.74, 6) is -0.110. The van der Waals surface area contributed by atoms with E-state index in [1.807, 2.05) is 30.3 Å². The Balaban J connectivity index is 2.24. The molecule has 3 aromatic rings. The summed E-state index contributed by atoms with van der Waals surface area (Å²) in [7, 11) is 0. The predicted octanol–water partition coefficient (Wildman–Crippen LogP) is 2.04. The van der Waals surface area contributed by atoms with Gasteiger partial charge in [-0.3, -0.25) is 4.79 Å². The van der Waals surface area contributed by atoms with Crippen LogP contribution in [0.15, 0.2) is 48.5 Å². The van der Waals surface area contributed by atoms with Crippen LogP contribution in [0.1, 0.15) is 10.4 Å². The summed E-state index contributed by atoms with van der Waals surface area (Å²) < 4.78 is 0.969. The third-order valence-corrected chi connectivity index (χ3v) is 2.95. The van der Waals surface area contributed by atoms with E-state index in [9.17, 15) is 10.0 Å². The van der Waals surface area contributed by atoms with Gasteiger partial charge in [0.2, 0.25) is 5.91 Å². The molecule has 0 unspecified atom stereocenters. The van der Waals surface area contributed by atoms with Gasteiger partial charge >= 0.3 is 0 Å². The zero-order valence-electron chi connectivity index (χ0n) is 9.95. The lowest BCUT2D eigenvalue weighted by Gasteiger charge is -2.00. The fraction of sp³-hybridized carbons (Fsp3) is 0. The van der Waals surface area contributed by atoms with Crippen molar-refractivity contribution in [3.8, 4) is 11.4 Å². The number of benzene rings is 2. The highest BCUT2D eigenvalue weighted by atomic mass is 16.5. The Hall–Kier alpha value is -2.82. The molecule has 94 valence electrons. The van der Waals surface area contributed by atoms with Crippen LogP contribution in [0, 0.1) is 0 Å². The summed E-state index contributed by atoms with van der Waals surface area (Å²) in [5.41, 5.74) is 7.41. The van der Waals surface area contributed by atoms with Gasteiger partial charge in [0.1, 0.15) is 5.52 Å². The van der Waals surface area contributed by atoms with Gasteiger partial charge in [-0.1, -0.05) is 30.3 Å². The largest absolute Gasteiger partial charge is 0.426 e. The summed E-state index contributed by atoms with van der Waals surface area (Å²) in [6, 6.07) is 14.1. The molecule has 0 aliphatic rings. The molecule has 19 heavy (non-hydrogen) atoms. The first-order valence-electron chi connectivity index (χ1n) is 5.74. The van der Waals surface area contributed by atoms with Crippen molar-refractivity contribution in [2.75, 3.05) is 0 Å². The number of carbonyl (C=O) groups is 1. The van der Waals surface area contributed by atoms with E-state index in [0.29, 0.717) is 22.4 Å². The lowest BCUT2D eigenvalue weighted by Crippen LogP contribution is -2.10. The Morgan fingerprint density at radius 2 is 1.89 bits per heavy atom. The number of primary amides is 1. The van der Waals surface area contributed by atoms with Crippen LogP contribution in [0.25, 0.3) is 22.4 Å². The van der Waals surface area contributed by atoms with Crippen LogP contribution >= 0.6 is 0 Å². The number of imidazole rings is 1. The summed E-state index contributed by atoms with van der Waals surface area (Å²) in [4.78, 5) is 15.5. The molecule has 3 N–H and O–H groups in total. The Kier molecular flexibility index (Phi) is 2.45. The molecule has 0 aliphatic carbocycles. The van der Waals surface area contributed by atoms with E-state index in [2.05, 4.69) is 4.98 Å². The normalized spacial score (nSPS) is 10.7. The topological polar surface area (TPSA) is 81.1 Å². The zero-order valence-corrected chi connectivity index (χ0v) is 9.95. The minimum Gasteiger partial charge on any atom is -0.426 e. The Labute approximate surface area is 108 Å². The van der Waals surface area contributed by atoms with Crippen molar-refractivity contribution in [3.05, 3.63) is 54.1 Å². The average molecular weight is 253 g/mol. The molecule has 0 fully saturated rings. The lowest BCUT2D eigenvalue weighted by molar-refractivity contribution is 0.100. The number of rotatable bonds is 2. The molecule has 0 saturated carbocycles. The van der Waals surface area contributed by atoms with Crippen molar-refractivity contribution in [1.82, 2.24) is 9.71 Å². The molecular formula is C14H11N3O2. The molecule has 0 radical (unpaired) electrons. The van der Waals surface area contributed by atoms with Crippen molar-refractivity contribution in [3.63, 3.8) is 0 Å². The fourth-order valence-electron chi connectivity index (χ4n) is 1.99. The molecule has 0 saturated heterocycles. The van der Waals surface area contributed by atoms with Crippen molar-refractivity contribution in [2.24, 2.45) is 5.73 Å². The zero-order chi connectivity index (χ0) is 13.4. The second-order valence-electron chi connectivity index (χ2n) is 4.18. The van der Waals surface area contributed by atoms with Gasteiger partial charge in [0, 0.05) is 11.1 Å². The second kappa shape index (κ2) is 4.13. The quantitative estimate of drug-likeness (QED) is 0.686. The fourth-order valence-corrected chi connectivity index (χ4v) is 1.99. The van der Waals surface area contributed by atoms with E-state index in [1.165, 1.54) is 6.07 Å². The molecule has 0 aliphatic heterocycles. The molecule has 0 atom stereocenters. The molecule has 0 bridgehead atoms. The number of amides is 1. The maximum absolute atomic E-state index is 11.1. The Bertz CT molecular complexity index is 763. The number of carbonyl (C=O) groups excluding carboxylic acids is 1. The van der Waals surface area contributed by atoms with Crippen molar-refractivity contribution in [2.45, 2.75) is 0 Å². The number of hydrogen-bond donors (Lipinski definition) is 2. The van der Waals surface area contributed by atoms with Crippen LogP contribution < -0.4 is 5.73 Å². The minimum absolute atomic E-state index is 0.335. The first kappa shape index (κ1) is 11.3. The third kappa shape index (κ3) is 1.81. The van der Waals surface area contributed by atoms with Gasteiger partial charge in [-0.05, 0) is 18.2 Å². The van der Waals surface area contributed by atoms with Crippen LogP contribution in [0.2, 0.25) is 0 Å². The van der Waals surface area contributed by atoms with Gasteiger partial charge in [0.05, 0.1) is 5.52 Å². The monoisotopic (exact) mass is 253 g/mol. The van der Waals surface area contributed by atoms with Gasteiger partial charge in [-0.15, -0.1) is 0 Å². The van der Waals surface area contributed by atoms with Crippen LogP contribution in [-0.4, -0.2) is 20.8 Å². The molecule has 5 nitrogen and oxygen atoms in total. The van der Waals surface area contributed by atoms with Crippen molar-refractivity contribution < 1.29 is 10.0 Å². The molecular weight excluding hydrogens is 242 g/mol. The minimum atomic E-state index is -0.538. The van der Waals surface area contributed by atoms with E-state index in [4.69, 9.17) is 5.73 Å². The van der Waals surface area contributed by atoms with Crippen LogP contribution in [0.4, 0.5) is 0 Å². The highest BCUT2D eigenvalue weighted by Crippen LogP contribution is 2.23. The smallest absolute Gasteiger partial charge is 0.248 e. The number of aromatic nitrogens is 2. The summed E-state index contributed by atoms with van der Waals surface area (Å²) in [6.45, 7) is 0. The van der Waals surface area contributed by atoms with Gasteiger partial charge in [0.15, 0.2) is 5.82 Å². The molecule has 2 aromatic carbocycles. The lowest BCUT2D eigenvalue weighted by atomic mass is 10.2. The molecule has 5 heteroatoms. The average Bonchev–Trinajstić information content (AvgIpc) is 2.77. The number of nitrogens with zero attached hydrogens (tertiary/aromatic N) is 2. The number of nitrogens with two attached hydrogens (primary N) is 1. The third-order valence-electron chi connectivity index (χ3n) is 2.95. The highest BCUT2D eigenvalue weighted by molar-refractivity contribution is 5.96.